The zero-order chi connectivity index (χ0) is 13.5. The van der Waals surface area contributed by atoms with Crippen molar-refractivity contribution >= 4 is 22.0 Å². The summed E-state index contributed by atoms with van der Waals surface area (Å²) in [6.07, 6.45) is 0.663. The Kier molecular flexibility index (Phi) is 6.19. The van der Waals surface area contributed by atoms with Gasteiger partial charge in [0, 0.05) is 11.0 Å². The number of amides is 1. The van der Waals surface area contributed by atoms with E-state index in [1.54, 1.807) is 4.90 Å². The first-order valence-corrected chi connectivity index (χ1v) is 7.08. The van der Waals surface area contributed by atoms with Crippen LogP contribution in [-0.2, 0) is 4.74 Å². The van der Waals surface area contributed by atoms with Crippen molar-refractivity contribution in [3.8, 4) is 0 Å². The largest absolute Gasteiger partial charge is 0.450 e. The van der Waals surface area contributed by atoms with Crippen LogP contribution < -0.4 is 0 Å². The maximum atomic E-state index is 11.9. The second-order valence-corrected chi connectivity index (χ2v) is 4.94. The zero-order valence-corrected chi connectivity index (χ0v) is 12.7. The molecule has 0 radical (unpaired) electrons. The highest BCUT2D eigenvalue weighted by atomic mass is 79.9. The first-order chi connectivity index (χ1) is 8.61. The lowest BCUT2D eigenvalue weighted by molar-refractivity contribution is 0.0928. The van der Waals surface area contributed by atoms with Crippen LogP contribution in [-0.4, -0.2) is 24.1 Å². The predicted molar refractivity (Wildman–Crippen MR) is 76.6 cm³/mol. The highest BCUT2D eigenvalue weighted by Gasteiger charge is 2.22. The zero-order valence-electron chi connectivity index (χ0n) is 11.1. The van der Waals surface area contributed by atoms with Gasteiger partial charge in [-0.15, -0.1) is 0 Å². The minimum absolute atomic E-state index is 0.000394. The topological polar surface area (TPSA) is 29.5 Å². The molecule has 3 nitrogen and oxygen atoms in total. The Bertz CT molecular complexity index is 395. The Morgan fingerprint density at radius 1 is 1.39 bits per heavy atom. The van der Waals surface area contributed by atoms with E-state index in [0.717, 1.165) is 16.5 Å². The molecule has 100 valence electrons. The molecule has 0 saturated heterocycles. The molecular formula is C14H20BrNO2. The van der Waals surface area contributed by atoms with Crippen LogP contribution in [0.15, 0.2) is 28.7 Å². The highest BCUT2D eigenvalue weighted by Crippen LogP contribution is 2.28. The third kappa shape index (κ3) is 3.73. The van der Waals surface area contributed by atoms with E-state index in [9.17, 15) is 4.79 Å². The Morgan fingerprint density at radius 3 is 2.61 bits per heavy atom. The fourth-order valence-electron chi connectivity index (χ4n) is 1.87. The molecule has 4 heteroatoms. The molecule has 0 bridgehead atoms. The maximum absolute atomic E-state index is 11.9. The summed E-state index contributed by atoms with van der Waals surface area (Å²) in [7, 11) is 0. The monoisotopic (exact) mass is 313 g/mol. The molecule has 1 amide bonds. The molecule has 1 atom stereocenters. The first kappa shape index (κ1) is 15.0. The minimum atomic E-state index is -0.248. The number of hydrogen-bond acceptors (Lipinski definition) is 2. The summed E-state index contributed by atoms with van der Waals surface area (Å²) in [4.78, 5) is 13.7. The minimum Gasteiger partial charge on any atom is -0.450 e. The molecule has 1 aromatic rings. The molecule has 0 saturated carbocycles. The van der Waals surface area contributed by atoms with Crippen molar-refractivity contribution in [3.05, 3.63) is 34.3 Å². The van der Waals surface area contributed by atoms with Gasteiger partial charge in [-0.05, 0) is 31.9 Å². The van der Waals surface area contributed by atoms with Crippen LogP contribution in [0.25, 0.3) is 0 Å². The third-order valence-corrected chi connectivity index (χ3v) is 3.51. The van der Waals surface area contributed by atoms with E-state index in [1.165, 1.54) is 0 Å². The Labute approximate surface area is 117 Å². The molecule has 18 heavy (non-hydrogen) atoms. The lowest BCUT2D eigenvalue weighted by Gasteiger charge is -2.29. The molecular weight excluding hydrogens is 294 g/mol. The van der Waals surface area contributed by atoms with Crippen molar-refractivity contribution in [1.82, 2.24) is 4.90 Å². The number of halogens is 1. The van der Waals surface area contributed by atoms with Crippen molar-refractivity contribution in [1.29, 1.82) is 0 Å². The molecule has 0 N–H and O–H groups in total. The summed E-state index contributed by atoms with van der Waals surface area (Å²) in [5, 5.41) is 0. The van der Waals surface area contributed by atoms with Crippen molar-refractivity contribution in [2.24, 2.45) is 0 Å². The number of nitrogens with zero attached hydrogens (tertiary/aromatic N) is 1. The molecule has 0 spiro atoms. The van der Waals surface area contributed by atoms with Crippen LogP contribution >= 0.6 is 15.9 Å². The van der Waals surface area contributed by atoms with Crippen LogP contribution in [0.2, 0.25) is 0 Å². The highest BCUT2D eigenvalue weighted by molar-refractivity contribution is 9.10. The van der Waals surface area contributed by atoms with E-state index >= 15 is 0 Å². The van der Waals surface area contributed by atoms with Gasteiger partial charge in [0.15, 0.2) is 0 Å². The van der Waals surface area contributed by atoms with Gasteiger partial charge in [0.2, 0.25) is 0 Å². The molecule has 1 unspecified atom stereocenters. The Balaban J connectivity index is 2.92. The van der Waals surface area contributed by atoms with E-state index in [0.29, 0.717) is 13.2 Å². The van der Waals surface area contributed by atoms with Gasteiger partial charge < -0.3 is 9.64 Å². The van der Waals surface area contributed by atoms with Crippen LogP contribution in [0, 0.1) is 0 Å². The van der Waals surface area contributed by atoms with Gasteiger partial charge in [0.05, 0.1) is 12.6 Å². The van der Waals surface area contributed by atoms with Crippen molar-refractivity contribution in [3.63, 3.8) is 0 Å². The normalized spacial score (nSPS) is 12.0. The van der Waals surface area contributed by atoms with Gasteiger partial charge in [-0.3, -0.25) is 0 Å². The second-order valence-electron chi connectivity index (χ2n) is 4.09. The average Bonchev–Trinajstić information content (AvgIpc) is 2.36. The van der Waals surface area contributed by atoms with Crippen molar-refractivity contribution in [2.45, 2.75) is 33.2 Å². The van der Waals surface area contributed by atoms with Crippen LogP contribution in [0.3, 0.4) is 0 Å². The summed E-state index contributed by atoms with van der Waals surface area (Å²) in [6.45, 7) is 7.00. The Morgan fingerprint density at radius 2 is 2.06 bits per heavy atom. The fraction of sp³-hybridized carbons (Fsp3) is 0.500. The Hall–Kier alpha value is -1.03. The molecule has 0 fully saturated rings. The van der Waals surface area contributed by atoms with E-state index < -0.39 is 0 Å². The summed E-state index contributed by atoms with van der Waals surface area (Å²) >= 11 is 3.53. The van der Waals surface area contributed by atoms with Gasteiger partial charge in [0.1, 0.15) is 0 Å². The summed E-state index contributed by atoms with van der Waals surface area (Å²) < 4.78 is 6.13. The fourth-order valence-corrected chi connectivity index (χ4v) is 2.49. The predicted octanol–water partition coefficient (Wildman–Crippen LogP) is 4.38. The van der Waals surface area contributed by atoms with Gasteiger partial charge in [-0.1, -0.05) is 41.1 Å². The van der Waals surface area contributed by atoms with Crippen molar-refractivity contribution in [2.75, 3.05) is 13.2 Å². The van der Waals surface area contributed by atoms with E-state index in [4.69, 9.17) is 4.74 Å². The summed E-state index contributed by atoms with van der Waals surface area (Å²) in [5.41, 5.74) is 1.10. The van der Waals surface area contributed by atoms with Crippen molar-refractivity contribution < 1.29 is 9.53 Å². The number of carbonyl (C=O) groups is 1. The van der Waals surface area contributed by atoms with Crippen LogP contribution in [0.1, 0.15) is 38.8 Å². The first-order valence-electron chi connectivity index (χ1n) is 6.29. The number of benzene rings is 1. The molecule has 1 aromatic carbocycles. The standard InChI is InChI=1S/C14H20BrNO2/c1-4-10-16(14(17)18-5-2)11(3)12-8-6-7-9-13(12)15/h6-9,11H,4-5,10H2,1-3H3. The molecule has 0 aliphatic heterocycles. The third-order valence-electron chi connectivity index (χ3n) is 2.79. The lowest BCUT2D eigenvalue weighted by atomic mass is 10.1. The molecule has 0 aromatic heterocycles. The molecule has 0 aliphatic carbocycles. The maximum Gasteiger partial charge on any atom is 0.410 e. The average molecular weight is 314 g/mol. The van der Waals surface area contributed by atoms with E-state index in [-0.39, 0.29) is 12.1 Å². The van der Waals surface area contributed by atoms with Crippen LogP contribution in [0.4, 0.5) is 4.79 Å². The van der Waals surface area contributed by atoms with Gasteiger partial charge in [0.25, 0.3) is 0 Å². The van der Waals surface area contributed by atoms with Gasteiger partial charge in [-0.25, -0.2) is 4.79 Å². The van der Waals surface area contributed by atoms with Crippen LogP contribution in [0.5, 0.6) is 0 Å². The number of rotatable bonds is 5. The smallest absolute Gasteiger partial charge is 0.410 e. The molecule has 0 aliphatic rings. The molecule has 0 heterocycles. The quantitative estimate of drug-likeness (QED) is 0.807. The second kappa shape index (κ2) is 7.41. The molecule has 1 rings (SSSR count). The number of ether oxygens (including phenoxy) is 1. The van der Waals surface area contributed by atoms with E-state index in [1.807, 2.05) is 38.1 Å². The summed E-state index contributed by atoms with van der Waals surface area (Å²) in [5.74, 6) is 0. The van der Waals surface area contributed by atoms with Gasteiger partial charge >= 0.3 is 6.09 Å². The number of carbonyl (C=O) groups excluding carboxylic acids is 1. The number of hydrogen-bond donors (Lipinski definition) is 0. The lowest BCUT2D eigenvalue weighted by Crippen LogP contribution is -2.35. The van der Waals surface area contributed by atoms with E-state index in [2.05, 4.69) is 22.9 Å². The van der Waals surface area contributed by atoms with Gasteiger partial charge in [-0.2, -0.15) is 0 Å². The summed E-state index contributed by atoms with van der Waals surface area (Å²) in [6, 6.07) is 7.96. The SMILES string of the molecule is CCCN(C(=O)OCC)C(C)c1ccccc1Br.